The number of nitrogens with zero attached hydrogens (tertiary/aromatic N) is 2. The van der Waals surface area contributed by atoms with Gasteiger partial charge in [-0.05, 0) is 56.2 Å². The third kappa shape index (κ3) is 4.34. The van der Waals surface area contributed by atoms with E-state index in [0.29, 0.717) is 24.0 Å². The molecule has 0 bridgehead atoms. The summed E-state index contributed by atoms with van der Waals surface area (Å²) in [5.74, 6) is 1.44. The highest BCUT2D eigenvalue weighted by atomic mass is 16.5. The molecule has 0 unspecified atom stereocenters. The average molecular weight is 353 g/mol. The second kappa shape index (κ2) is 8.70. The number of benzene rings is 1. The zero-order valence-corrected chi connectivity index (χ0v) is 15.6. The van der Waals surface area contributed by atoms with Crippen LogP contribution >= 0.6 is 0 Å². The van der Waals surface area contributed by atoms with Crippen LogP contribution in [0.2, 0.25) is 0 Å². The maximum atomic E-state index is 13.0. The van der Waals surface area contributed by atoms with Crippen molar-refractivity contribution < 1.29 is 9.53 Å². The number of amides is 1. The van der Waals surface area contributed by atoms with Crippen molar-refractivity contribution in [2.75, 3.05) is 19.0 Å². The van der Waals surface area contributed by atoms with Gasteiger partial charge >= 0.3 is 0 Å². The number of pyridine rings is 1. The monoisotopic (exact) mass is 353 g/mol. The molecule has 1 aromatic heterocycles. The normalized spacial score (nSPS) is 14.7. The molecule has 1 aliphatic rings. The minimum Gasteiger partial charge on any atom is -0.494 e. The highest BCUT2D eigenvalue weighted by molar-refractivity contribution is 5.99. The van der Waals surface area contributed by atoms with Gasteiger partial charge < -0.3 is 15.0 Å². The smallest absolute Gasteiger partial charge is 0.257 e. The predicted octanol–water partition coefficient (Wildman–Crippen LogP) is 4.63. The van der Waals surface area contributed by atoms with Crippen molar-refractivity contribution >= 4 is 17.4 Å². The fraction of sp³-hybridized carbons (Fsp3) is 0.429. The Hall–Kier alpha value is -2.56. The molecule has 1 N–H and O–H groups in total. The van der Waals surface area contributed by atoms with Crippen LogP contribution in [0.3, 0.4) is 0 Å². The number of ether oxygens (including phenoxy) is 1. The molecule has 0 saturated heterocycles. The molecular formula is C21H27N3O2. The molecule has 5 nitrogen and oxygen atoms in total. The molecule has 0 atom stereocenters. The highest BCUT2D eigenvalue weighted by Crippen LogP contribution is 2.26. The maximum absolute atomic E-state index is 13.0. The molecule has 1 aliphatic carbocycles. The van der Waals surface area contributed by atoms with Crippen molar-refractivity contribution in [3.05, 3.63) is 48.2 Å². The molecule has 26 heavy (non-hydrogen) atoms. The number of rotatable bonds is 6. The van der Waals surface area contributed by atoms with E-state index < -0.39 is 0 Å². The molecule has 0 spiro atoms. The lowest BCUT2D eigenvalue weighted by Gasteiger charge is -2.31. The van der Waals surface area contributed by atoms with Crippen molar-refractivity contribution in [2.24, 2.45) is 0 Å². The van der Waals surface area contributed by atoms with Crippen molar-refractivity contribution in [3.8, 4) is 5.75 Å². The summed E-state index contributed by atoms with van der Waals surface area (Å²) in [6, 6.07) is 11.7. The maximum Gasteiger partial charge on any atom is 0.257 e. The van der Waals surface area contributed by atoms with E-state index in [1.165, 1.54) is 19.3 Å². The van der Waals surface area contributed by atoms with Crippen LogP contribution in [-0.4, -0.2) is 35.5 Å². The van der Waals surface area contributed by atoms with E-state index in [2.05, 4.69) is 10.3 Å². The number of aromatic nitrogens is 1. The van der Waals surface area contributed by atoms with Gasteiger partial charge in [-0.1, -0.05) is 19.3 Å². The van der Waals surface area contributed by atoms with Crippen molar-refractivity contribution in [1.82, 2.24) is 9.88 Å². The van der Waals surface area contributed by atoms with Crippen LogP contribution in [0.4, 0.5) is 11.5 Å². The Morgan fingerprint density at radius 3 is 2.62 bits per heavy atom. The lowest BCUT2D eigenvalue weighted by atomic mass is 9.94. The van der Waals surface area contributed by atoms with Crippen molar-refractivity contribution in [3.63, 3.8) is 0 Å². The Morgan fingerprint density at radius 1 is 1.19 bits per heavy atom. The Balaban J connectivity index is 1.75. The molecule has 0 aliphatic heterocycles. The zero-order chi connectivity index (χ0) is 18.4. The Morgan fingerprint density at radius 2 is 1.92 bits per heavy atom. The first kappa shape index (κ1) is 18.2. The van der Waals surface area contributed by atoms with Crippen LogP contribution in [0.5, 0.6) is 5.75 Å². The molecule has 1 aromatic carbocycles. The summed E-state index contributed by atoms with van der Waals surface area (Å²) in [6.45, 7) is 2.60. The molecule has 1 fully saturated rings. The molecule has 3 rings (SSSR count). The van der Waals surface area contributed by atoms with Gasteiger partial charge in [-0.25, -0.2) is 4.98 Å². The SMILES string of the molecule is CCOc1ccc(Nc2ncccc2C(=O)N(C)C2CCCCC2)cc1. The fourth-order valence-electron chi connectivity index (χ4n) is 3.44. The molecule has 1 amide bonds. The molecule has 138 valence electrons. The first-order valence-corrected chi connectivity index (χ1v) is 9.41. The first-order valence-electron chi connectivity index (χ1n) is 9.41. The van der Waals surface area contributed by atoms with Crippen LogP contribution in [-0.2, 0) is 0 Å². The van der Waals surface area contributed by atoms with Gasteiger partial charge in [0.25, 0.3) is 5.91 Å². The lowest BCUT2D eigenvalue weighted by Crippen LogP contribution is -2.38. The fourth-order valence-corrected chi connectivity index (χ4v) is 3.44. The highest BCUT2D eigenvalue weighted by Gasteiger charge is 2.24. The van der Waals surface area contributed by atoms with E-state index in [9.17, 15) is 4.79 Å². The van der Waals surface area contributed by atoms with Crippen molar-refractivity contribution in [2.45, 2.75) is 45.1 Å². The largest absolute Gasteiger partial charge is 0.494 e. The standard InChI is InChI=1S/C21H27N3O2/c1-3-26-18-13-11-16(12-14-18)23-20-19(10-7-15-22-20)21(25)24(2)17-8-5-4-6-9-17/h7,10-15,17H,3-6,8-9H2,1-2H3,(H,22,23). The molecule has 5 heteroatoms. The Labute approximate surface area is 155 Å². The lowest BCUT2D eigenvalue weighted by molar-refractivity contribution is 0.0697. The molecule has 1 saturated carbocycles. The van der Waals surface area contributed by atoms with Gasteiger partial charge in [-0.15, -0.1) is 0 Å². The number of hydrogen-bond donors (Lipinski definition) is 1. The van der Waals surface area contributed by atoms with E-state index >= 15 is 0 Å². The Kier molecular flexibility index (Phi) is 6.10. The van der Waals surface area contributed by atoms with E-state index in [0.717, 1.165) is 24.3 Å². The average Bonchev–Trinajstić information content (AvgIpc) is 2.70. The minimum atomic E-state index is 0.0263. The molecule has 2 aromatic rings. The number of carbonyl (C=O) groups excluding carboxylic acids is 1. The van der Waals surface area contributed by atoms with Crippen LogP contribution < -0.4 is 10.1 Å². The second-order valence-electron chi connectivity index (χ2n) is 6.69. The second-order valence-corrected chi connectivity index (χ2v) is 6.69. The van der Waals surface area contributed by atoms with E-state index in [1.807, 2.05) is 55.3 Å². The molecule has 1 heterocycles. The van der Waals surface area contributed by atoms with Crippen LogP contribution in [0.1, 0.15) is 49.4 Å². The summed E-state index contributed by atoms with van der Waals surface area (Å²) < 4.78 is 5.47. The number of nitrogens with one attached hydrogen (secondary N) is 1. The number of carbonyl (C=O) groups is 1. The van der Waals surface area contributed by atoms with Gasteiger partial charge in [-0.2, -0.15) is 0 Å². The third-order valence-corrected chi connectivity index (χ3v) is 4.91. The van der Waals surface area contributed by atoms with Crippen molar-refractivity contribution in [1.29, 1.82) is 0 Å². The molecular weight excluding hydrogens is 326 g/mol. The van der Waals surface area contributed by atoms with Crippen LogP contribution in [0.25, 0.3) is 0 Å². The first-order chi connectivity index (χ1) is 12.7. The summed E-state index contributed by atoms with van der Waals surface area (Å²) in [4.78, 5) is 19.3. The van der Waals surface area contributed by atoms with Gasteiger partial charge in [0, 0.05) is 25.0 Å². The summed E-state index contributed by atoms with van der Waals surface area (Å²) in [7, 11) is 1.91. The summed E-state index contributed by atoms with van der Waals surface area (Å²) in [5, 5.41) is 3.27. The van der Waals surface area contributed by atoms with Gasteiger partial charge in [0.15, 0.2) is 0 Å². The minimum absolute atomic E-state index is 0.0263. The Bertz CT molecular complexity index is 724. The number of anilines is 2. The van der Waals surface area contributed by atoms with Gasteiger partial charge in [0.1, 0.15) is 11.6 Å². The van der Waals surface area contributed by atoms with Gasteiger partial charge in [-0.3, -0.25) is 4.79 Å². The molecule has 0 radical (unpaired) electrons. The summed E-state index contributed by atoms with van der Waals surface area (Å²) in [6.07, 6.45) is 7.55. The van der Waals surface area contributed by atoms with E-state index in [1.54, 1.807) is 6.20 Å². The topological polar surface area (TPSA) is 54.5 Å². The zero-order valence-electron chi connectivity index (χ0n) is 15.6. The van der Waals surface area contributed by atoms with E-state index in [-0.39, 0.29) is 5.91 Å². The van der Waals surface area contributed by atoms with Gasteiger partial charge in [0.2, 0.25) is 0 Å². The van der Waals surface area contributed by atoms with Gasteiger partial charge in [0.05, 0.1) is 12.2 Å². The number of hydrogen-bond acceptors (Lipinski definition) is 4. The quantitative estimate of drug-likeness (QED) is 0.823. The summed E-state index contributed by atoms with van der Waals surface area (Å²) in [5.41, 5.74) is 1.48. The van der Waals surface area contributed by atoms with E-state index in [4.69, 9.17) is 4.74 Å². The predicted molar refractivity (Wildman–Crippen MR) is 104 cm³/mol. The summed E-state index contributed by atoms with van der Waals surface area (Å²) >= 11 is 0. The third-order valence-electron chi connectivity index (χ3n) is 4.91. The van der Waals surface area contributed by atoms with Crippen LogP contribution in [0, 0.1) is 0 Å². The van der Waals surface area contributed by atoms with Crippen LogP contribution in [0.15, 0.2) is 42.6 Å².